The standard InChI is InChI=1S/C33H48/c1-3-5-7-9-26-12-18-30(19-13-26)31-20-14-27(15-21-31)10-11-29-17-23-32-24-28(8-6-4-2)16-22-33(32)25-29/h4,16-17,22-27,30-31H,2-3,5-15,18-21H2,1H3. The van der Waals surface area contributed by atoms with Crippen LogP contribution in [0.2, 0.25) is 0 Å². The molecule has 0 aromatic heterocycles. The van der Waals surface area contributed by atoms with Gasteiger partial charge in [0.2, 0.25) is 0 Å². The Morgan fingerprint density at radius 1 is 0.697 bits per heavy atom. The molecule has 2 fully saturated rings. The lowest BCUT2D eigenvalue weighted by atomic mass is 9.68. The second-order valence-electron chi connectivity index (χ2n) is 11.4. The SMILES string of the molecule is C=CCCc1ccc2cc(CCC3CCC(C4CCC(CCCCC)CC4)CC3)ccc2c1. The number of rotatable bonds is 11. The fourth-order valence-electron chi connectivity index (χ4n) is 6.87. The number of allylic oxidation sites excluding steroid dienone is 1. The quantitative estimate of drug-likeness (QED) is 0.239. The Hall–Kier alpha value is -1.56. The highest BCUT2D eigenvalue weighted by Crippen LogP contribution is 2.43. The zero-order valence-corrected chi connectivity index (χ0v) is 21.4. The van der Waals surface area contributed by atoms with Crippen molar-refractivity contribution in [2.24, 2.45) is 23.7 Å². The first-order valence-corrected chi connectivity index (χ1v) is 14.4. The number of hydrogen-bond donors (Lipinski definition) is 0. The first-order chi connectivity index (χ1) is 16.2. The first kappa shape index (κ1) is 24.6. The molecule has 0 amide bonds. The summed E-state index contributed by atoms with van der Waals surface area (Å²) in [7, 11) is 0. The van der Waals surface area contributed by atoms with Crippen LogP contribution in [-0.2, 0) is 12.8 Å². The molecule has 2 aliphatic carbocycles. The summed E-state index contributed by atoms with van der Waals surface area (Å²) in [6.45, 7) is 6.18. The van der Waals surface area contributed by atoms with E-state index in [9.17, 15) is 0 Å². The van der Waals surface area contributed by atoms with Gasteiger partial charge in [-0.15, -0.1) is 6.58 Å². The smallest absolute Gasteiger partial charge is 0.0181 e. The molecule has 0 nitrogen and oxygen atoms in total. The van der Waals surface area contributed by atoms with Crippen LogP contribution in [0.3, 0.4) is 0 Å². The third kappa shape index (κ3) is 7.21. The molecule has 0 atom stereocenters. The highest BCUT2D eigenvalue weighted by Gasteiger charge is 2.30. The van der Waals surface area contributed by atoms with Gasteiger partial charge < -0.3 is 0 Å². The first-order valence-electron chi connectivity index (χ1n) is 14.4. The number of aryl methyl sites for hydroxylation is 2. The number of unbranched alkanes of at least 4 members (excludes halogenated alkanes) is 2. The van der Waals surface area contributed by atoms with Gasteiger partial charge in [-0.25, -0.2) is 0 Å². The summed E-state index contributed by atoms with van der Waals surface area (Å²) < 4.78 is 0. The van der Waals surface area contributed by atoms with Crippen molar-refractivity contribution in [3.05, 3.63) is 60.2 Å². The molecule has 0 bridgehead atoms. The van der Waals surface area contributed by atoms with E-state index in [0.29, 0.717) is 0 Å². The van der Waals surface area contributed by atoms with Crippen LogP contribution in [0.4, 0.5) is 0 Å². The fraction of sp³-hybridized carbons (Fsp3) is 0.636. The van der Waals surface area contributed by atoms with Crippen LogP contribution in [0.15, 0.2) is 49.1 Å². The summed E-state index contributed by atoms with van der Waals surface area (Å²) in [6, 6.07) is 14.2. The van der Waals surface area contributed by atoms with E-state index in [0.717, 1.165) is 36.5 Å². The summed E-state index contributed by atoms with van der Waals surface area (Å²) >= 11 is 0. The highest BCUT2D eigenvalue weighted by atomic mass is 14.4. The fourth-order valence-corrected chi connectivity index (χ4v) is 6.87. The number of benzene rings is 2. The van der Waals surface area contributed by atoms with Gasteiger partial charge in [0.25, 0.3) is 0 Å². The Morgan fingerprint density at radius 3 is 1.79 bits per heavy atom. The van der Waals surface area contributed by atoms with Gasteiger partial charge in [0.1, 0.15) is 0 Å². The highest BCUT2D eigenvalue weighted by molar-refractivity contribution is 5.83. The molecule has 33 heavy (non-hydrogen) atoms. The van der Waals surface area contributed by atoms with E-state index < -0.39 is 0 Å². The van der Waals surface area contributed by atoms with Crippen molar-refractivity contribution < 1.29 is 0 Å². The molecular formula is C33H48. The van der Waals surface area contributed by atoms with Crippen molar-refractivity contribution >= 4 is 10.8 Å². The Morgan fingerprint density at radius 2 is 1.24 bits per heavy atom. The van der Waals surface area contributed by atoms with E-state index in [1.165, 1.54) is 98.9 Å². The Bertz CT molecular complexity index is 845. The Labute approximate surface area is 204 Å². The number of hydrogen-bond acceptors (Lipinski definition) is 0. The maximum Gasteiger partial charge on any atom is -0.0181 e. The van der Waals surface area contributed by atoms with Crippen LogP contribution in [-0.4, -0.2) is 0 Å². The predicted octanol–water partition coefficient (Wildman–Crippen LogP) is 10.1. The number of fused-ring (bicyclic) bond motifs is 1. The van der Waals surface area contributed by atoms with E-state index >= 15 is 0 Å². The van der Waals surface area contributed by atoms with Gasteiger partial charge in [-0.1, -0.05) is 101 Å². The summed E-state index contributed by atoms with van der Waals surface area (Å²) in [5, 5.41) is 2.80. The topological polar surface area (TPSA) is 0 Å². The van der Waals surface area contributed by atoms with Crippen molar-refractivity contribution in [2.45, 2.75) is 110 Å². The molecule has 0 spiro atoms. The average molecular weight is 445 g/mol. The van der Waals surface area contributed by atoms with Gasteiger partial charge in [-0.2, -0.15) is 0 Å². The summed E-state index contributed by atoms with van der Waals surface area (Å²) in [6.07, 6.45) is 24.8. The molecule has 4 rings (SSSR count). The molecule has 180 valence electrons. The molecule has 0 heteroatoms. The van der Waals surface area contributed by atoms with E-state index in [4.69, 9.17) is 0 Å². The van der Waals surface area contributed by atoms with Crippen LogP contribution in [0.25, 0.3) is 10.8 Å². The zero-order chi connectivity index (χ0) is 22.9. The molecule has 2 aromatic rings. The lowest BCUT2D eigenvalue weighted by Crippen LogP contribution is -2.26. The second kappa shape index (κ2) is 12.8. The van der Waals surface area contributed by atoms with Crippen LogP contribution in [0, 0.1) is 23.7 Å². The maximum absolute atomic E-state index is 3.85. The lowest BCUT2D eigenvalue weighted by Gasteiger charge is -2.38. The van der Waals surface area contributed by atoms with Gasteiger partial charge in [0.05, 0.1) is 0 Å². The van der Waals surface area contributed by atoms with Crippen molar-refractivity contribution in [1.82, 2.24) is 0 Å². The second-order valence-corrected chi connectivity index (χ2v) is 11.4. The van der Waals surface area contributed by atoms with Gasteiger partial charge in [-0.05, 0) is 96.9 Å². The molecule has 2 aromatic carbocycles. The van der Waals surface area contributed by atoms with Crippen LogP contribution >= 0.6 is 0 Å². The molecule has 0 heterocycles. The largest absolute Gasteiger partial charge is 0.103 e. The normalized spacial score (nSPS) is 25.8. The molecule has 2 saturated carbocycles. The minimum Gasteiger partial charge on any atom is -0.103 e. The third-order valence-corrected chi connectivity index (χ3v) is 9.11. The predicted molar refractivity (Wildman–Crippen MR) is 146 cm³/mol. The minimum atomic E-state index is 0.962. The van der Waals surface area contributed by atoms with Crippen molar-refractivity contribution in [3.63, 3.8) is 0 Å². The molecule has 2 aliphatic rings. The van der Waals surface area contributed by atoms with Gasteiger partial charge in [0, 0.05) is 0 Å². The molecule has 0 saturated heterocycles. The third-order valence-electron chi connectivity index (χ3n) is 9.11. The zero-order valence-electron chi connectivity index (χ0n) is 21.4. The molecule has 0 radical (unpaired) electrons. The summed E-state index contributed by atoms with van der Waals surface area (Å²) in [5.74, 6) is 4.13. The summed E-state index contributed by atoms with van der Waals surface area (Å²) in [4.78, 5) is 0. The maximum atomic E-state index is 3.85. The minimum absolute atomic E-state index is 0.962. The molecule has 0 aliphatic heterocycles. The van der Waals surface area contributed by atoms with Gasteiger partial charge in [0.15, 0.2) is 0 Å². The Balaban J connectivity index is 1.18. The Kier molecular flexibility index (Phi) is 9.51. The van der Waals surface area contributed by atoms with E-state index in [1.54, 1.807) is 12.8 Å². The van der Waals surface area contributed by atoms with Crippen LogP contribution in [0.1, 0.15) is 108 Å². The van der Waals surface area contributed by atoms with E-state index in [-0.39, 0.29) is 0 Å². The van der Waals surface area contributed by atoms with E-state index in [2.05, 4.69) is 49.9 Å². The summed E-state index contributed by atoms with van der Waals surface area (Å²) in [5.41, 5.74) is 2.96. The van der Waals surface area contributed by atoms with Gasteiger partial charge >= 0.3 is 0 Å². The van der Waals surface area contributed by atoms with Crippen molar-refractivity contribution in [3.8, 4) is 0 Å². The van der Waals surface area contributed by atoms with Crippen LogP contribution in [0.5, 0.6) is 0 Å². The molecule has 0 unspecified atom stereocenters. The monoisotopic (exact) mass is 444 g/mol. The van der Waals surface area contributed by atoms with Crippen molar-refractivity contribution in [2.75, 3.05) is 0 Å². The molecular weight excluding hydrogens is 396 g/mol. The van der Waals surface area contributed by atoms with Gasteiger partial charge in [-0.3, -0.25) is 0 Å². The average Bonchev–Trinajstić information content (AvgIpc) is 2.87. The van der Waals surface area contributed by atoms with Crippen molar-refractivity contribution in [1.29, 1.82) is 0 Å². The van der Waals surface area contributed by atoms with Crippen LogP contribution < -0.4 is 0 Å². The lowest BCUT2D eigenvalue weighted by molar-refractivity contribution is 0.140. The van der Waals surface area contributed by atoms with E-state index in [1.807, 2.05) is 6.08 Å². The molecule has 0 N–H and O–H groups in total.